The van der Waals surface area contributed by atoms with Crippen molar-refractivity contribution in [2.75, 3.05) is 50.6 Å². The number of esters is 1. The van der Waals surface area contributed by atoms with Gasteiger partial charge in [-0.3, -0.25) is 4.79 Å². The van der Waals surface area contributed by atoms with E-state index in [2.05, 4.69) is 22.2 Å². The van der Waals surface area contributed by atoms with Gasteiger partial charge >= 0.3 is 5.97 Å². The van der Waals surface area contributed by atoms with Crippen LogP contribution in [0.5, 0.6) is 5.75 Å². The highest BCUT2D eigenvalue weighted by molar-refractivity contribution is 6.07. The predicted molar refractivity (Wildman–Crippen MR) is 133 cm³/mol. The first-order valence-electron chi connectivity index (χ1n) is 11.3. The Bertz CT molecular complexity index is 1120. The van der Waals surface area contributed by atoms with E-state index < -0.39 is 5.97 Å². The Balaban J connectivity index is 1.48. The van der Waals surface area contributed by atoms with Crippen molar-refractivity contribution < 1.29 is 19.1 Å². The Morgan fingerprint density at radius 1 is 0.882 bits per heavy atom. The third-order valence-electron chi connectivity index (χ3n) is 5.87. The third-order valence-corrected chi connectivity index (χ3v) is 5.87. The van der Waals surface area contributed by atoms with Crippen molar-refractivity contribution >= 4 is 23.3 Å². The van der Waals surface area contributed by atoms with E-state index >= 15 is 0 Å². The number of hydrogen-bond acceptors (Lipinski definition) is 6. The molecular weight excluding hydrogens is 430 g/mol. The lowest BCUT2D eigenvalue weighted by Gasteiger charge is -2.35. The van der Waals surface area contributed by atoms with Gasteiger partial charge in [-0.05, 0) is 55.1 Å². The molecule has 1 aliphatic rings. The van der Waals surface area contributed by atoms with Crippen LogP contribution in [0.3, 0.4) is 0 Å². The highest BCUT2D eigenvalue weighted by atomic mass is 16.5. The minimum Gasteiger partial charge on any atom is -0.489 e. The number of nitrogens with zero attached hydrogens (tertiary/aromatic N) is 2. The van der Waals surface area contributed by atoms with Crippen molar-refractivity contribution in [2.45, 2.75) is 6.61 Å². The lowest BCUT2D eigenvalue weighted by atomic mass is 10.1. The molecule has 0 bridgehead atoms. The van der Waals surface area contributed by atoms with E-state index in [0.29, 0.717) is 29.2 Å². The number of nitrogens with one attached hydrogen (secondary N) is 1. The van der Waals surface area contributed by atoms with Gasteiger partial charge in [0, 0.05) is 31.7 Å². The Morgan fingerprint density at radius 2 is 1.56 bits per heavy atom. The second kappa shape index (κ2) is 10.9. The topological polar surface area (TPSA) is 71.1 Å². The molecule has 1 amide bonds. The molecular formula is C27H29N3O4. The van der Waals surface area contributed by atoms with Gasteiger partial charge < -0.3 is 24.6 Å². The number of hydrogen-bond donors (Lipinski definition) is 1. The SMILES string of the molecule is COC(=O)c1ccc(N2CCN(C)CC2)c(NC(=O)c2ccc(OCc3ccccc3)cc2)c1. The maximum Gasteiger partial charge on any atom is 0.337 e. The summed E-state index contributed by atoms with van der Waals surface area (Å²) in [5.74, 6) is -0.0152. The molecule has 7 heteroatoms. The zero-order chi connectivity index (χ0) is 23.9. The number of carbonyl (C=O) groups excluding carboxylic acids is 2. The molecule has 4 rings (SSSR count). The van der Waals surface area contributed by atoms with Crippen molar-refractivity contribution in [3.05, 3.63) is 89.5 Å². The summed E-state index contributed by atoms with van der Waals surface area (Å²) < 4.78 is 10.7. The van der Waals surface area contributed by atoms with Crippen LogP contribution in [0.2, 0.25) is 0 Å². The zero-order valence-corrected chi connectivity index (χ0v) is 19.5. The third kappa shape index (κ3) is 5.74. The molecule has 0 unspecified atom stereocenters. The van der Waals surface area contributed by atoms with Gasteiger partial charge in [0.05, 0.1) is 24.0 Å². The first-order chi connectivity index (χ1) is 16.5. The number of methoxy groups -OCH3 is 1. The lowest BCUT2D eigenvalue weighted by Crippen LogP contribution is -2.44. The van der Waals surface area contributed by atoms with Crippen LogP contribution in [0, 0.1) is 0 Å². The number of ether oxygens (including phenoxy) is 2. The normalized spacial score (nSPS) is 13.9. The van der Waals surface area contributed by atoms with Crippen molar-refractivity contribution in [1.29, 1.82) is 0 Å². The fraction of sp³-hybridized carbons (Fsp3) is 0.259. The number of rotatable bonds is 7. The van der Waals surface area contributed by atoms with E-state index in [-0.39, 0.29) is 5.91 Å². The molecule has 7 nitrogen and oxygen atoms in total. The minimum absolute atomic E-state index is 0.257. The number of likely N-dealkylation sites (N-methyl/N-ethyl adjacent to an activating group) is 1. The summed E-state index contributed by atoms with van der Waals surface area (Å²) >= 11 is 0. The van der Waals surface area contributed by atoms with Gasteiger partial charge in [0.1, 0.15) is 12.4 Å². The maximum absolute atomic E-state index is 13.0. The summed E-state index contributed by atoms with van der Waals surface area (Å²) in [6.45, 7) is 3.99. The van der Waals surface area contributed by atoms with Crippen molar-refractivity contribution in [3.8, 4) is 5.75 Å². The average molecular weight is 460 g/mol. The maximum atomic E-state index is 13.0. The van der Waals surface area contributed by atoms with Gasteiger partial charge in [0.25, 0.3) is 5.91 Å². The smallest absolute Gasteiger partial charge is 0.337 e. The Hall–Kier alpha value is -3.84. The summed E-state index contributed by atoms with van der Waals surface area (Å²) in [5, 5.41) is 2.99. The van der Waals surface area contributed by atoms with Gasteiger partial charge in [0.15, 0.2) is 0 Å². The molecule has 176 valence electrons. The quantitative estimate of drug-likeness (QED) is 0.538. The Morgan fingerprint density at radius 3 is 2.24 bits per heavy atom. The highest BCUT2D eigenvalue weighted by Gasteiger charge is 2.20. The van der Waals surface area contributed by atoms with E-state index in [1.807, 2.05) is 36.4 Å². The minimum atomic E-state index is -0.444. The lowest BCUT2D eigenvalue weighted by molar-refractivity contribution is 0.0600. The van der Waals surface area contributed by atoms with Crippen LogP contribution in [0.15, 0.2) is 72.8 Å². The van der Waals surface area contributed by atoms with Crippen LogP contribution in [-0.2, 0) is 11.3 Å². The first-order valence-corrected chi connectivity index (χ1v) is 11.3. The monoisotopic (exact) mass is 459 g/mol. The fourth-order valence-electron chi connectivity index (χ4n) is 3.84. The van der Waals surface area contributed by atoms with E-state index in [9.17, 15) is 9.59 Å². The molecule has 1 N–H and O–H groups in total. The van der Waals surface area contributed by atoms with E-state index in [1.165, 1.54) is 7.11 Å². The highest BCUT2D eigenvalue weighted by Crippen LogP contribution is 2.29. The van der Waals surface area contributed by atoms with E-state index in [4.69, 9.17) is 9.47 Å². The van der Waals surface area contributed by atoms with Crippen LogP contribution in [0.4, 0.5) is 11.4 Å². The fourth-order valence-corrected chi connectivity index (χ4v) is 3.84. The molecule has 3 aromatic rings. The zero-order valence-electron chi connectivity index (χ0n) is 19.5. The van der Waals surface area contributed by atoms with Gasteiger partial charge in [-0.1, -0.05) is 30.3 Å². The molecule has 0 saturated carbocycles. The van der Waals surface area contributed by atoms with Crippen LogP contribution >= 0.6 is 0 Å². The Labute approximate surface area is 199 Å². The molecule has 0 aliphatic carbocycles. The molecule has 0 radical (unpaired) electrons. The first kappa shape index (κ1) is 23.3. The summed E-state index contributed by atoms with van der Waals surface area (Å²) in [6.07, 6.45) is 0. The van der Waals surface area contributed by atoms with Crippen LogP contribution in [-0.4, -0.2) is 57.1 Å². The summed E-state index contributed by atoms with van der Waals surface area (Å²) in [4.78, 5) is 29.6. The molecule has 1 saturated heterocycles. The van der Waals surface area contributed by atoms with E-state index in [0.717, 1.165) is 37.4 Å². The van der Waals surface area contributed by atoms with Crippen LogP contribution < -0.4 is 15.0 Å². The summed E-state index contributed by atoms with van der Waals surface area (Å²) in [7, 11) is 3.43. The van der Waals surface area contributed by atoms with E-state index in [1.54, 1.807) is 36.4 Å². The molecule has 0 spiro atoms. The van der Waals surface area contributed by atoms with Crippen molar-refractivity contribution in [2.24, 2.45) is 0 Å². The number of carbonyl (C=O) groups is 2. The predicted octanol–water partition coefficient (Wildman–Crippen LogP) is 4.06. The van der Waals surface area contributed by atoms with Crippen LogP contribution in [0.1, 0.15) is 26.3 Å². The largest absolute Gasteiger partial charge is 0.489 e. The van der Waals surface area contributed by atoms with Gasteiger partial charge in [-0.15, -0.1) is 0 Å². The number of amides is 1. The molecule has 1 heterocycles. The standard InChI is InChI=1S/C27H29N3O4/c1-29-14-16-30(17-15-29)25-13-10-22(27(32)33-2)18-24(25)28-26(31)21-8-11-23(12-9-21)34-19-20-6-4-3-5-7-20/h3-13,18H,14-17,19H2,1-2H3,(H,28,31). The van der Waals surface area contributed by atoms with Gasteiger partial charge in [0.2, 0.25) is 0 Å². The number of benzene rings is 3. The average Bonchev–Trinajstić information content (AvgIpc) is 2.88. The van der Waals surface area contributed by atoms with Crippen molar-refractivity contribution in [3.63, 3.8) is 0 Å². The molecule has 0 aromatic heterocycles. The second-order valence-corrected chi connectivity index (χ2v) is 8.27. The van der Waals surface area contributed by atoms with Crippen molar-refractivity contribution in [1.82, 2.24) is 4.90 Å². The summed E-state index contributed by atoms with van der Waals surface area (Å²) in [6, 6.07) is 22.2. The number of anilines is 2. The second-order valence-electron chi connectivity index (χ2n) is 8.27. The molecule has 34 heavy (non-hydrogen) atoms. The number of piperazine rings is 1. The molecule has 0 atom stereocenters. The van der Waals surface area contributed by atoms with Gasteiger partial charge in [-0.25, -0.2) is 4.79 Å². The summed E-state index contributed by atoms with van der Waals surface area (Å²) in [5.41, 5.74) is 3.44. The molecule has 1 fully saturated rings. The molecule has 1 aliphatic heterocycles. The Kier molecular flexibility index (Phi) is 7.44. The molecule has 3 aromatic carbocycles. The van der Waals surface area contributed by atoms with Crippen LogP contribution in [0.25, 0.3) is 0 Å². The van der Waals surface area contributed by atoms with Gasteiger partial charge in [-0.2, -0.15) is 0 Å².